The highest BCUT2D eigenvalue weighted by molar-refractivity contribution is 6.00. The third kappa shape index (κ3) is 3.60. The first-order chi connectivity index (χ1) is 13.0. The molecule has 3 rings (SSSR count). The number of hydrogen-bond donors (Lipinski definition) is 2. The van der Waals surface area contributed by atoms with Crippen LogP contribution in [0.1, 0.15) is 58.0 Å². The van der Waals surface area contributed by atoms with E-state index in [9.17, 15) is 14.7 Å². The molecule has 0 saturated carbocycles. The first-order valence-corrected chi connectivity index (χ1v) is 8.99. The second kappa shape index (κ2) is 7.70. The van der Waals surface area contributed by atoms with Crippen LogP contribution in [0.25, 0.3) is 0 Å². The van der Waals surface area contributed by atoms with Gasteiger partial charge in [0.15, 0.2) is 0 Å². The van der Waals surface area contributed by atoms with Crippen molar-refractivity contribution >= 4 is 11.9 Å². The first kappa shape index (κ1) is 18.8. The van der Waals surface area contributed by atoms with Crippen LogP contribution in [-0.4, -0.2) is 36.7 Å². The summed E-state index contributed by atoms with van der Waals surface area (Å²) in [6.45, 7) is 4.58. The minimum atomic E-state index is -1.08. The second-order valence-electron chi connectivity index (χ2n) is 6.55. The molecule has 0 aromatic heterocycles. The van der Waals surface area contributed by atoms with Gasteiger partial charge in [0.1, 0.15) is 17.6 Å². The number of nitrogens with one attached hydrogen (secondary N) is 1. The quantitative estimate of drug-likeness (QED) is 0.815. The van der Waals surface area contributed by atoms with Crippen molar-refractivity contribution in [1.29, 1.82) is 0 Å². The van der Waals surface area contributed by atoms with Crippen LogP contribution in [0.15, 0.2) is 36.4 Å². The van der Waals surface area contributed by atoms with Crippen molar-refractivity contribution in [2.45, 2.75) is 32.3 Å². The van der Waals surface area contributed by atoms with E-state index >= 15 is 0 Å². The molecule has 0 radical (unpaired) electrons. The number of aromatic carboxylic acids is 1. The smallest absolute Gasteiger partial charge is 0.335 e. The molecule has 6 nitrogen and oxygen atoms in total. The highest BCUT2D eigenvalue weighted by atomic mass is 16.5. The molecule has 0 spiro atoms. The van der Waals surface area contributed by atoms with Crippen LogP contribution in [0.2, 0.25) is 0 Å². The molecular formula is C21H23NO5. The molecule has 1 heterocycles. The fourth-order valence-electron chi connectivity index (χ4n) is 3.42. The minimum absolute atomic E-state index is 0.0634. The number of ether oxygens (including phenoxy) is 2. The number of rotatable bonds is 6. The maximum Gasteiger partial charge on any atom is 0.335 e. The number of hydrogen-bond acceptors (Lipinski definition) is 4. The van der Waals surface area contributed by atoms with Crippen molar-refractivity contribution in [3.63, 3.8) is 0 Å². The van der Waals surface area contributed by atoms with E-state index in [0.717, 1.165) is 17.7 Å². The minimum Gasteiger partial charge on any atom is -0.494 e. The third-order valence-electron chi connectivity index (χ3n) is 4.63. The Morgan fingerprint density at radius 1 is 1.26 bits per heavy atom. The van der Waals surface area contributed by atoms with Crippen LogP contribution in [-0.2, 0) is 0 Å². The molecule has 2 aromatic carbocycles. The fourth-order valence-corrected chi connectivity index (χ4v) is 3.42. The van der Waals surface area contributed by atoms with Gasteiger partial charge in [-0.25, -0.2) is 4.79 Å². The zero-order chi connectivity index (χ0) is 19.6. The van der Waals surface area contributed by atoms with E-state index in [1.807, 2.05) is 38.1 Å². The van der Waals surface area contributed by atoms with E-state index in [1.165, 1.54) is 13.1 Å². The second-order valence-corrected chi connectivity index (χ2v) is 6.55. The average Bonchev–Trinajstić information content (AvgIpc) is 3.00. The molecule has 0 unspecified atom stereocenters. The zero-order valence-electron chi connectivity index (χ0n) is 15.6. The molecule has 1 aliphatic rings. The molecule has 1 aliphatic heterocycles. The number of benzene rings is 2. The van der Waals surface area contributed by atoms with Crippen molar-refractivity contribution in [3.8, 4) is 11.5 Å². The van der Waals surface area contributed by atoms with E-state index in [4.69, 9.17) is 9.47 Å². The van der Waals surface area contributed by atoms with Crippen molar-refractivity contribution < 1.29 is 24.2 Å². The maximum absolute atomic E-state index is 12.3. The van der Waals surface area contributed by atoms with Gasteiger partial charge >= 0.3 is 5.97 Å². The standard InChI is InChI=1S/C21H23NO5/c1-4-8-26-15-7-5-6-13(9-15)18-12(2)27-19-16(18)10-14(21(24)25)11-17(19)20(23)22-3/h5-7,9-12,18H,4,8H2,1-3H3,(H,22,23)(H,24,25)/t12-,18+/m1/s1. The summed E-state index contributed by atoms with van der Waals surface area (Å²) < 4.78 is 11.7. The van der Waals surface area contributed by atoms with E-state index in [1.54, 1.807) is 6.07 Å². The summed E-state index contributed by atoms with van der Waals surface area (Å²) in [7, 11) is 1.51. The molecule has 27 heavy (non-hydrogen) atoms. The number of carbonyl (C=O) groups is 2. The van der Waals surface area contributed by atoms with Gasteiger partial charge in [0.05, 0.1) is 17.7 Å². The Morgan fingerprint density at radius 3 is 2.70 bits per heavy atom. The van der Waals surface area contributed by atoms with Gasteiger partial charge in [-0.2, -0.15) is 0 Å². The molecule has 142 valence electrons. The molecule has 2 aromatic rings. The summed E-state index contributed by atoms with van der Waals surface area (Å²) in [5, 5.41) is 12.0. The van der Waals surface area contributed by atoms with Gasteiger partial charge in [-0.05, 0) is 43.2 Å². The molecule has 2 atom stereocenters. The van der Waals surface area contributed by atoms with E-state index in [2.05, 4.69) is 5.32 Å². The van der Waals surface area contributed by atoms with Crippen LogP contribution in [0, 0.1) is 0 Å². The van der Waals surface area contributed by atoms with Gasteiger partial charge in [0.2, 0.25) is 0 Å². The molecule has 0 bridgehead atoms. The van der Waals surface area contributed by atoms with Crippen molar-refractivity contribution in [2.24, 2.45) is 0 Å². The Labute approximate surface area is 158 Å². The number of carbonyl (C=O) groups excluding carboxylic acids is 1. The Kier molecular flexibility index (Phi) is 5.35. The van der Waals surface area contributed by atoms with Crippen LogP contribution < -0.4 is 14.8 Å². The molecular weight excluding hydrogens is 346 g/mol. The van der Waals surface area contributed by atoms with Crippen LogP contribution in [0.5, 0.6) is 11.5 Å². The lowest BCUT2D eigenvalue weighted by atomic mass is 9.87. The lowest BCUT2D eigenvalue weighted by Gasteiger charge is -2.16. The van der Waals surface area contributed by atoms with Gasteiger partial charge in [0.25, 0.3) is 5.91 Å². The Hall–Kier alpha value is -3.02. The van der Waals surface area contributed by atoms with Crippen molar-refractivity contribution in [1.82, 2.24) is 5.32 Å². The predicted molar refractivity (Wildman–Crippen MR) is 101 cm³/mol. The molecule has 2 N–H and O–H groups in total. The normalized spacial score (nSPS) is 17.7. The van der Waals surface area contributed by atoms with Crippen LogP contribution in [0.3, 0.4) is 0 Å². The van der Waals surface area contributed by atoms with Gasteiger partial charge in [0, 0.05) is 18.5 Å². The summed E-state index contributed by atoms with van der Waals surface area (Å²) in [6.07, 6.45) is 0.668. The number of carboxylic acids is 1. The Bertz CT molecular complexity index is 877. The monoisotopic (exact) mass is 369 g/mol. The molecule has 1 amide bonds. The largest absolute Gasteiger partial charge is 0.494 e. The van der Waals surface area contributed by atoms with E-state index < -0.39 is 5.97 Å². The lowest BCUT2D eigenvalue weighted by molar-refractivity contribution is 0.0696. The zero-order valence-corrected chi connectivity index (χ0v) is 15.6. The molecule has 0 fully saturated rings. The third-order valence-corrected chi connectivity index (χ3v) is 4.63. The van der Waals surface area contributed by atoms with Gasteiger partial charge in [-0.1, -0.05) is 19.1 Å². The molecule has 0 saturated heterocycles. The van der Waals surface area contributed by atoms with Crippen molar-refractivity contribution in [2.75, 3.05) is 13.7 Å². The maximum atomic E-state index is 12.3. The Balaban J connectivity index is 2.10. The SMILES string of the molecule is CCCOc1cccc([C@H]2c3cc(C(=O)O)cc(C(=O)NC)c3O[C@@H]2C)c1. The first-order valence-electron chi connectivity index (χ1n) is 8.99. The molecule has 0 aliphatic carbocycles. The summed E-state index contributed by atoms with van der Waals surface area (Å²) in [4.78, 5) is 23.8. The summed E-state index contributed by atoms with van der Waals surface area (Å²) in [5.74, 6) is -0.441. The summed E-state index contributed by atoms with van der Waals surface area (Å²) >= 11 is 0. The number of amides is 1. The Morgan fingerprint density at radius 2 is 2.04 bits per heavy atom. The predicted octanol–water partition coefficient (Wildman–Crippen LogP) is 3.45. The van der Waals surface area contributed by atoms with Gasteiger partial charge in [-0.3, -0.25) is 4.79 Å². The fraction of sp³-hybridized carbons (Fsp3) is 0.333. The van der Waals surface area contributed by atoms with Crippen molar-refractivity contribution in [3.05, 3.63) is 58.7 Å². The summed E-state index contributed by atoms with van der Waals surface area (Å²) in [6, 6.07) is 10.7. The number of fused-ring (bicyclic) bond motifs is 1. The van der Waals surface area contributed by atoms with E-state index in [0.29, 0.717) is 17.9 Å². The summed E-state index contributed by atoms with van der Waals surface area (Å²) in [5.41, 5.74) is 1.96. The van der Waals surface area contributed by atoms with E-state index in [-0.39, 0.29) is 29.1 Å². The van der Waals surface area contributed by atoms with Gasteiger partial charge < -0.3 is 19.9 Å². The molecule has 6 heteroatoms. The highest BCUT2D eigenvalue weighted by Gasteiger charge is 2.36. The highest BCUT2D eigenvalue weighted by Crippen LogP contribution is 2.45. The number of carboxylic acid groups (broad SMARTS) is 1. The topological polar surface area (TPSA) is 84.9 Å². The van der Waals surface area contributed by atoms with Gasteiger partial charge in [-0.15, -0.1) is 0 Å². The van der Waals surface area contributed by atoms with Crippen LogP contribution >= 0.6 is 0 Å². The average molecular weight is 369 g/mol. The lowest BCUT2D eigenvalue weighted by Crippen LogP contribution is -2.19. The van der Waals surface area contributed by atoms with Crippen LogP contribution in [0.4, 0.5) is 0 Å².